The van der Waals surface area contributed by atoms with E-state index in [4.69, 9.17) is 4.74 Å². The van der Waals surface area contributed by atoms with Crippen LogP contribution in [0.3, 0.4) is 0 Å². The van der Waals surface area contributed by atoms with Crippen molar-refractivity contribution in [3.63, 3.8) is 0 Å². The summed E-state index contributed by atoms with van der Waals surface area (Å²) in [6.07, 6.45) is 0. The number of aromatic nitrogens is 1. The van der Waals surface area contributed by atoms with E-state index in [-0.39, 0.29) is 5.91 Å². The van der Waals surface area contributed by atoms with Crippen LogP contribution in [-0.4, -0.2) is 10.9 Å². The molecule has 2 aromatic carbocycles. The monoisotopic (exact) mass is 366 g/mol. The summed E-state index contributed by atoms with van der Waals surface area (Å²) in [5.41, 5.74) is 4.89. The fraction of sp³-hybridized carbons (Fsp3) is 0.238. The summed E-state index contributed by atoms with van der Waals surface area (Å²) in [6.45, 7) is 8.23. The van der Waals surface area contributed by atoms with E-state index < -0.39 is 0 Å². The zero-order valence-corrected chi connectivity index (χ0v) is 16.2. The second-order valence-electron chi connectivity index (χ2n) is 6.40. The normalized spacial score (nSPS) is 10.6. The molecule has 1 N–H and O–H groups in total. The van der Waals surface area contributed by atoms with Crippen molar-refractivity contribution in [2.45, 2.75) is 34.3 Å². The first kappa shape index (κ1) is 18.1. The van der Waals surface area contributed by atoms with E-state index in [1.807, 2.05) is 70.2 Å². The standard InChI is InChI=1S/C21H22N2O2S/c1-13-6-9-17(10-7-13)25-12-19-22-16(4)20(26-19)21(24)23-18-11-14(2)5-8-15(18)3/h5-11H,12H2,1-4H3,(H,23,24). The van der Waals surface area contributed by atoms with Gasteiger partial charge < -0.3 is 10.1 Å². The van der Waals surface area contributed by atoms with E-state index in [2.05, 4.69) is 10.3 Å². The van der Waals surface area contributed by atoms with Gasteiger partial charge in [0.25, 0.3) is 5.91 Å². The Labute approximate surface area is 157 Å². The van der Waals surface area contributed by atoms with Crippen molar-refractivity contribution in [1.29, 1.82) is 0 Å². The number of anilines is 1. The largest absolute Gasteiger partial charge is 0.486 e. The number of hydrogen-bond donors (Lipinski definition) is 1. The molecule has 1 amide bonds. The molecule has 5 heteroatoms. The molecule has 0 saturated heterocycles. The third-order valence-corrected chi connectivity index (χ3v) is 5.20. The minimum atomic E-state index is -0.129. The number of nitrogens with zero attached hydrogens (tertiary/aromatic N) is 1. The number of carbonyl (C=O) groups excluding carboxylic acids is 1. The quantitative estimate of drug-likeness (QED) is 0.674. The molecule has 0 radical (unpaired) electrons. The Morgan fingerprint density at radius 3 is 2.46 bits per heavy atom. The van der Waals surface area contributed by atoms with E-state index in [9.17, 15) is 4.79 Å². The van der Waals surface area contributed by atoms with Crippen molar-refractivity contribution in [1.82, 2.24) is 4.98 Å². The lowest BCUT2D eigenvalue weighted by molar-refractivity contribution is 0.102. The van der Waals surface area contributed by atoms with Crippen LogP contribution in [0.2, 0.25) is 0 Å². The zero-order chi connectivity index (χ0) is 18.7. The third kappa shape index (κ3) is 4.29. The van der Waals surface area contributed by atoms with Gasteiger partial charge in [0.1, 0.15) is 22.2 Å². The Hall–Kier alpha value is -2.66. The molecule has 0 unspecified atom stereocenters. The van der Waals surface area contributed by atoms with E-state index in [0.29, 0.717) is 11.5 Å². The molecule has 26 heavy (non-hydrogen) atoms. The Bertz CT molecular complexity index is 930. The van der Waals surface area contributed by atoms with Crippen LogP contribution in [0.15, 0.2) is 42.5 Å². The van der Waals surface area contributed by atoms with Crippen LogP contribution in [-0.2, 0) is 6.61 Å². The van der Waals surface area contributed by atoms with Crippen molar-refractivity contribution in [3.8, 4) is 5.75 Å². The molecule has 0 fully saturated rings. The van der Waals surface area contributed by atoms with Gasteiger partial charge in [-0.1, -0.05) is 29.8 Å². The second-order valence-corrected chi connectivity index (χ2v) is 7.48. The van der Waals surface area contributed by atoms with Crippen LogP contribution in [0.25, 0.3) is 0 Å². The molecule has 0 atom stereocenters. The summed E-state index contributed by atoms with van der Waals surface area (Å²) in [7, 11) is 0. The first-order chi connectivity index (χ1) is 12.4. The van der Waals surface area contributed by atoms with Crippen LogP contribution in [0.1, 0.15) is 37.1 Å². The maximum Gasteiger partial charge on any atom is 0.267 e. The zero-order valence-electron chi connectivity index (χ0n) is 15.4. The van der Waals surface area contributed by atoms with Crippen molar-refractivity contribution >= 4 is 22.9 Å². The maximum atomic E-state index is 12.6. The summed E-state index contributed by atoms with van der Waals surface area (Å²) in [5, 5.41) is 3.78. The van der Waals surface area contributed by atoms with Crippen molar-refractivity contribution in [2.75, 3.05) is 5.32 Å². The van der Waals surface area contributed by atoms with Gasteiger partial charge in [-0.25, -0.2) is 4.98 Å². The molecule has 0 spiro atoms. The number of thiazole rings is 1. The van der Waals surface area contributed by atoms with Gasteiger partial charge in [0.2, 0.25) is 0 Å². The van der Waals surface area contributed by atoms with Gasteiger partial charge in [-0.2, -0.15) is 0 Å². The second kappa shape index (κ2) is 7.70. The third-order valence-electron chi connectivity index (χ3n) is 4.07. The highest BCUT2D eigenvalue weighted by Crippen LogP contribution is 2.23. The van der Waals surface area contributed by atoms with E-state index in [1.54, 1.807) is 0 Å². The average molecular weight is 366 g/mol. The molecule has 1 aromatic heterocycles. The van der Waals surface area contributed by atoms with Crippen molar-refractivity contribution in [2.24, 2.45) is 0 Å². The van der Waals surface area contributed by atoms with Crippen molar-refractivity contribution < 1.29 is 9.53 Å². The summed E-state index contributed by atoms with van der Waals surface area (Å²) in [4.78, 5) is 17.7. The molecular weight excluding hydrogens is 344 g/mol. The van der Waals surface area contributed by atoms with Gasteiger partial charge in [0.05, 0.1) is 5.69 Å². The molecule has 4 nitrogen and oxygen atoms in total. The number of amides is 1. The van der Waals surface area contributed by atoms with E-state index in [0.717, 1.165) is 33.3 Å². The minimum Gasteiger partial charge on any atom is -0.486 e. The first-order valence-electron chi connectivity index (χ1n) is 8.47. The molecule has 3 rings (SSSR count). The molecule has 134 valence electrons. The topological polar surface area (TPSA) is 51.2 Å². The number of benzene rings is 2. The van der Waals surface area contributed by atoms with Gasteiger partial charge in [0, 0.05) is 5.69 Å². The Balaban J connectivity index is 1.69. The summed E-state index contributed by atoms with van der Waals surface area (Å²) in [6, 6.07) is 13.9. The van der Waals surface area contributed by atoms with Gasteiger partial charge in [-0.15, -0.1) is 11.3 Å². The highest BCUT2D eigenvalue weighted by Gasteiger charge is 2.16. The van der Waals surface area contributed by atoms with Crippen LogP contribution in [0.5, 0.6) is 5.75 Å². The van der Waals surface area contributed by atoms with Gasteiger partial charge >= 0.3 is 0 Å². The smallest absolute Gasteiger partial charge is 0.267 e. The van der Waals surface area contributed by atoms with Crippen LogP contribution >= 0.6 is 11.3 Å². The number of aryl methyl sites for hydroxylation is 4. The van der Waals surface area contributed by atoms with Crippen LogP contribution < -0.4 is 10.1 Å². The molecular formula is C21H22N2O2S. The fourth-order valence-electron chi connectivity index (χ4n) is 2.55. The minimum absolute atomic E-state index is 0.129. The lowest BCUT2D eigenvalue weighted by atomic mass is 10.1. The summed E-state index contributed by atoms with van der Waals surface area (Å²) < 4.78 is 5.76. The van der Waals surface area contributed by atoms with Gasteiger partial charge in [0.15, 0.2) is 0 Å². The Kier molecular flexibility index (Phi) is 5.38. The van der Waals surface area contributed by atoms with Crippen LogP contribution in [0.4, 0.5) is 5.69 Å². The number of nitrogens with one attached hydrogen (secondary N) is 1. The number of carbonyl (C=O) groups is 1. The SMILES string of the molecule is Cc1ccc(OCc2nc(C)c(C(=O)Nc3cc(C)ccc3C)s2)cc1. The molecule has 0 aliphatic carbocycles. The predicted molar refractivity (Wildman–Crippen MR) is 106 cm³/mol. The summed E-state index contributed by atoms with van der Waals surface area (Å²) in [5.74, 6) is 0.667. The van der Waals surface area contributed by atoms with Crippen LogP contribution in [0, 0.1) is 27.7 Å². The number of rotatable bonds is 5. The number of hydrogen-bond acceptors (Lipinski definition) is 4. The lowest BCUT2D eigenvalue weighted by Crippen LogP contribution is -2.12. The maximum absolute atomic E-state index is 12.6. The first-order valence-corrected chi connectivity index (χ1v) is 9.28. The summed E-state index contributed by atoms with van der Waals surface area (Å²) >= 11 is 1.37. The molecule has 1 heterocycles. The van der Waals surface area contributed by atoms with Crippen molar-refractivity contribution in [3.05, 3.63) is 74.7 Å². The average Bonchev–Trinajstić information content (AvgIpc) is 2.98. The predicted octanol–water partition coefficient (Wildman–Crippen LogP) is 5.21. The van der Waals surface area contributed by atoms with Gasteiger partial charge in [-0.3, -0.25) is 4.79 Å². The van der Waals surface area contributed by atoms with Gasteiger partial charge in [-0.05, 0) is 57.0 Å². The molecule has 0 saturated carbocycles. The Morgan fingerprint density at radius 1 is 1.04 bits per heavy atom. The molecule has 0 bridgehead atoms. The highest BCUT2D eigenvalue weighted by molar-refractivity contribution is 7.13. The Morgan fingerprint density at radius 2 is 1.73 bits per heavy atom. The molecule has 0 aliphatic rings. The lowest BCUT2D eigenvalue weighted by Gasteiger charge is -2.08. The fourth-order valence-corrected chi connectivity index (χ4v) is 3.43. The number of ether oxygens (including phenoxy) is 1. The van der Waals surface area contributed by atoms with E-state index in [1.165, 1.54) is 16.9 Å². The molecule has 3 aromatic rings. The molecule has 0 aliphatic heterocycles. The van der Waals surface area contributed by atoms with E-state index >= 15 is 0 Å². The highest BCUT2D eigenvalue weighted by atomic mass is 32.1.